The molecule has 3 atom stereocenters. The lowest BCUT2D eigenvalue weighted by molar-refractivity contribution is 0.224. The Morgan fingerprint density at radius 2 is 2.00 bits per heavy atom. The van der Waals surface area contributed by atoms with Crippen LogP contribution in [0.25, 0.3) is 11.0 Å². The van der Waals surface area contributed by atoms with Gasteiger partial charge in [0.15, 0.2) is 0 Å². The normalized spacial score (nSPS) is 24.7. The van der Waals surface area contributed by atoms with Crippen molar-refractivity contribution in [2.24, 2.45) is 11.8 Å². The molecular formula is C21H25Cl2FN4. The third-order valence-corrected chi connectivity index (χ3v) is 6.09. The van der Waals surface area contributed by atoms with Crippen LogP contribution in [0.3, 0.4) is 0 Å². The van der Waals surface area contributed by atoms with Gasteiger partial charge in [-0.05, 0) is 54.3 Å². The van der Waals surface area contributed by atoms with E-state index >= 15 is 0 Å². The van der Waals surface area contributed by atoms with Gasteiger partial charge in [0.05, 0.1) is 0 Å². The predicted octanol–water partition coefficient (Wildman–Crippen LogP) is 4.28. The van der Waals surface area contributed by atoms with Gasteiger partial charge in [-0.25, -0.2) is 9.37 Å². The molecule has 1 aromatic carbocycles. The standard InChI is InChI=1S/C21H23FN4.2ClH/c1-25-10-16-12-26(11-15-9-24-21-18(15)6-3-7-23-21)13-19(16)20(25)14-4-2-5-17(22)8-14;;/h2-9,16,19-20H,10-13H2,1H3,(H,23,24);2*1H/t16-,19+,20-;;/m0../s1. The minimum Gasteiger partial charge on any atom is -0.346 e. The Labute approximate surface area is 176 Å². The number of benzene rings is 1. The van der Waals surface area contributed by atoms with Crippen LogP contribution in [0.2, 0.25) is 0 Å². The third-order valence-electron chi connectivity index (χ3n) is 6.09. The van der Waals surface area contributed by atoms with Crippen molar-refractivity contribution in [2.45, 2.75) is 12.6 Å². The number of halogens is 3. The van der Waals surface area contributed by atoms with E-state index < -0.39 is 0 Å². The number of nitrogens with zero attached hydrogens (tertiary/aromatic N) is 3. The molecule has 0 bridgehead atoms. The molecule has 2 saturated heterocycles. The van der Waals surface area contributed by atoms with Crippen LogP contribution in [-0.2, 0) is 6.54 Å². The maximum Gasteiger partial charge on any atom is 0.137 e. The van der Waals surface area contributed by atoms with Crippen LogP contribution in [0.15, 0.2) is 48.8 Å². The molecule has 150 valence electrons. The highest BCUT2D eigenvalue weighted by atomic mass is 35.5. The Hall–Kier alpha value is -1.66. The van der Waals surface area contributed by atoms with Crippen LogP contribution in [-0.4, -0.2) is 46.4 Å². The number of likely N-dealkylation sites (tertiary alicyclic amines) is 2. The second kappa shape index (κ2) is 8.37. The molecular weight excluding hydrogens is 398 g/mol. The lowest BCUT2D eigenvalue weighted by Crippen LogP contribution is -2.28. The van der Waals surface area contributed by atoms with E-state index in [1.807, 2.05) is 18.3 Å². The first-order valence-electron chi connectivity index (χ1n) is 9.28. The van der Waals surface area contributed by atoms with Crippen molar-refractivity contribution in [2.75, 3.05) is 26.7 Å². The number of pyridine rings is 1. The van der Waals surface area contributed by atoms with Gasteiger partial charge in [0.25, 0.3) is 0 Å². The summed E-state index contributed by atoms with van der Waals surface area (Å²) in [5.74, 6) is 1.07. The maximum absolute atomic E-state index is 13.7. The fourth-order valence-corrected chi connectivity index (χ4v) is 5.06. The maximum atomic E-state index is 13.7. The molecule has 28 heavy (non-hydrogen) atoms. The van der Waals surface area contributed by atoms with Crippen LogP contribution in [0.5, 0.6) is 0 Å². The zero-order valence-corrected chi connectivity index (χ0v) is 17.3. The molecule has 2 fully saturated rings. The average Bonchev–Trinajstić information content (AvgIpc) is 3.28. The molecule has 7 heteroatoms. The summed E-state index contributed by atoms with van der Waals surface area (Å²) in [4.78, 5) is 12.6. The molecule has 0 spiro atoms. The van der Waals surface area contributed by atoms with Crippen LogP contribution in [0, 0.1) is 17.7 Å². The van der Waals surface area contributed by atoms with Crippen LogP contribution >= 0.6 is 24.8 Å². The van der Waals surface area contributed by atoms with Crippen molar-refractivity contribution < 1.29 is 4.39 Å². The molecule has 3 aromatic rings. The molecule has 1 N–H and O–H groups in total. The second-order valence-corrected chi connectivity index (χ2v) is 7.77. The van der Waals surface area contributed by atoms with E-state index in [1.165, 1.54) is 17.0 Å². The lowest BCUT2D eigenvalue weighted by Gasteiger charge is -2.26. The Morgan fingerprint density at radius 3 is 2.82 bits per heavy atom. The largest absolute Gasteiger partial charge is 0.346 e. The lowest BCUT2D eigenvalue weighted by atomic mass is 9.89. The number of rotatable bonds is 3. The summed E-state index contributed by atoms with van der Waals surface area (Å²) in [5, 5.41) is 1.21. The van der Waals surface area contributed by atoms with Gasteiger partial charge in [-0.15, -0.1) is 24.8 Å². The van der Waals surface area contributed by atoms with Gasteiger partial charge < -0.3 is 4.98 Å². The van der Waals surface area contributed by atoms with E-state index in [2.05, 4.69) is 45.1 Å². The van der Waals surface area contributed by atoms with Crippen molar-refractivity contribution in [3.8, 4) is 0 Å². The number of fused-ring (bicyclic) bond motifs is 2. The quantitative estimate of drug-likeness (QED) is 0.683. The summed E-state index contributed by atoms with van der Waals surface area (Å²) in [5.41, 5.74) is 3.38. The Morgan fingerprint density at radius 1 is 1.14 bits per heavy atom. The van der Waals surface area contributed by atoms with Crippen molar-refractivity contribution in [1.82, 2.24) is 19.8 Å². The molecule has 0 amide bonds. The number of hydrogen-bond acceptors (Lipinski definition) is 3. The molecule has 2 aliphatic rings. The van der Waals surface area contributed by atoms with Gasteiger partial charge in [0.1, 0.15) is 11.5 Å². The molecule has 0 saturated carbocycles. The molecule has 0 aliphatic carbocycles. The van der Waals surface area contributed by atoms with Gasteiger partial charge in [-0.2, -0.15) is 0 Å². The first-order valence-corrected chi connectivity index (χ1v) is 9.28. The fourth-order valence-electron chi connectivity index (χ4n) is 5.06. The first kappa shape index (κ1) is 21.1. The molecule has 4 nitrogen and oxygen atoms in total. The fraction of sp³-hybridized carbons (Fsp3) is 0.381. The van der Waals surface area contributed by atoms with Crippen molar-refractivity contribution in [3.63, 3.8) is 0 Å². The molecule has 0 radical (unpaired) electrons. The second-order valence-electron chi connectivity index (χ2n) is 7.77. The molecule has 0 unspecified atom stereocenters. The highest BCUT2D eigenvalue weighted by Crippen LogP contribution is 2.44. The topological polar surface area (TPSA) is 35.2 Å². The summed E-state index contributed by atoms with van der Waals surface area (Å²) < 4.78 is 13.7. The summed E-state index contributed by atoms with van der Waals surface area (Å²) in [6.45, 7) is 4.19. The highest BCUT2D eigenvalue weighted by Gasteiger charge is 2.46. The highest BCUT2D eigenvalue weighted by molar-refractivity contribution is 5.85. The Balaban J connectivity index is 0.00000112. The van der Waals surface area contributed by atoms with Crippen LogP contribution in [0.4, 0.5) is 4.39 Å². The third kappa shape index (κ3) is 3.64. The van der Waals surface area contributed by atoms with E-state index in [-0.39, 0.29) is 30.6 Å². The number of H-pyrrole nitrogens is 1. The smallest absolute Gasteiger partial charge is 0.137 e. The average molecular weight is 423 g/mol. The van der Waals surface area contributed by atoms with E-state index in [0.717, 1.165) is 37.4 Å². The number of aromatic amines is 1. The van der Waals surface area contributed by atoms with Crippen LogP contribution in [0.1, 0.15) is 17.2 Å². The zero-order valence-electron chi connectivity index (χ0n) is 15.7. The van der Waals surface area contributed by atoms with Crippen molar-refractivity contribution in [3.05, 3.63) is 65.7 Å². The van der Waals surface area contributed by atoms with Crippen molar-refractivity contribution >= 4 is 35.8 Å². The monoisotopic (exact) mass is 422 g/mol. The van der Waals surface area contributed by atoms with E-state index in [0.29, 0.717) is 17.9 Å². The van der Waals surface area contributed by atoms with Gasteiger partial charge in [0.2, 0.25) is 0 Å². The number of aromatic nitrogens is 2. The molecule has 2 aromatic heterocycles. The Kier molecular flexibility index (Phi) is 6.30. The summed E-state index contributed by atoms with van der Waals surface area (Å²) in [6, 6.07) is 11.6. The van der Waals surface area contributed by atoms with Crippen LogP contribution < -0.4 is 0 Å². The SMILES string of the molecule is CN1C[C@H]2CN(Cc3c[nH]c4ncccc34)C[C@H]2[C@@H]1c1cccc(F)c1.Cl.Cl. The van der Waals surface area contributed by atoms with Gasteiger partial charge in [0, 0.05) is 50.0 Å². The number of nitrogens with one attached hydrogen (secondary N) is 1. The first-order chi connectivity index (χ1) is 12.7. The van der Waals surface area contributed by atoms with Gasteiger partial charge in [-0.3, -0.25) is 9.80 Å². The molecule has 2 aliphatic heterocycles. The number of hydrogen-bond donors (Lipinski definition) is 1. The summed E-state index contributed by atoms with van der Waals surface area (Å²) in [7, 11) is 2.17. The Bertz CT molecular complexity index is 947. The minimum atomic E-state index is -0.138. The van der Waals surface area contributed by atoms with E-state index in [4.69, 9.17) is 0 Å². The molecule has 5 rings (SSSR count). The minimum absolute atomic E-state index is 0. The van der Waals surface area contributed by atoms with Gasteiger partial charge >= 0.3 is 0 Å². The van der Waals surface area contributed by atoms with E-state index in [9.17, 15) is 4.39 Å². The summed E-state index contributed by atoms with van der Waals surface area (Å²) in [6.07, 6.45) is 3.91. The van der Waals surface area contributed by atoms with Crippen molar-refractivity contribution in [1.29, 1.82) is 0 Å². The van der Waals surface area contributed by atoms with Gasteiger partial charge in [-0.1, -0.05) is 12.1 Å². The summed E-state index contributed by atoms with van der Waals surface area (Å²) >= 11 is 0. The molecule has 4 heterocycles. The zero-order chi connectivity index (χ0) is 17.7. The predicted molar refractivity (Wildman–Crippen MR) is 115 cm³/mol. The van der Waals surface area contributed by atoms with E-state index in [1.54, 1.807) is 6.07 Å².